The molecule has 3 heteroatoms. The lowest BCUT2D eigenvalue weighted by Gasteiger charge is -2.28. The Kier molecular flexibility index (Phi) is 7.81. The summed E-state index contributed by atoms with van der Waals surface area (Å²) in [5, 5.41) is 3.18. The number of nitrogens with one attached hydrogen (secondary N) is 1. The van der Waals surface area contributed by atoms with Crippen molar-refractivity contribution >= 4 is 0 Å². The Morgan fingerprint density at radius 1 is 1.12 bits per heavy atom. The lowest BCUT2D eigenvalue weighted by molar-refractivity contribution is 0.0107. The summed E-state index contributed by atoms with van der Waals surface area (Å²) in [6.45, 7) is 4.52. The molecule has 16 heavy (non-hydrogen) atoms. The van der Waals surface area contributed by atoms with E-state index in [1.165, 1.54) is 51.6 Å². The van der Waals surface area contributed by atoms with Crippen molar-refractivity contribution in [3.8, 4) is 0 Å². The zero-order valence-electron chi connectivity index (χ0n) is 11.0. The molecule has 1 N–H and O–H groups in total. The standard InChI is InChI=1S/C13H28N2O/c1-14-9-5-3-4-6-12-16-13-7-10-15(2)11-8-13/h13-14H,3-12H2,1-2H3. The predicted octanol–water partition coefficient (Wildman–Crippen LogP) is 1.88. The van der Waals surface area contributed by atoms with Gasteiger partial charge < -0.3 is 15.0 Å². The van der Waals surface area contributed by atoms with Crippen molar-refractivity contribution in [1.29, 1.82) is 0 Å². The van der Waals surface area contributed by atoms with E-state index in [1.54, 1.807) is 0 Å². The van der Waals surface area contributed by atoms with Gasteiger partial charge in [0, 0.05) is 19.7 Å². The maximum absolute atomic E-state index is 5.90. The van der Waals surface area contributed by atoms with Crippen LogP contribution in [0.1, 0.15) is 38.5 Å². The summed E-state index contributed by atoms with van der Waals surface area (Å²) in [5.74, 6) is 0. The number of ether oxygens (including phenoxy) is 1. The van der Waals surface area contributed by atoms with Gasteiger partial charge in [-0.25, -0.2) is 0 Å². The van der Waals surface area contributed by atoms with Gasteiger partial charge in [0.2, 0.25) is 0 Å². The van der Waals surface area contributed by atoms with Gasteiger partial charge in [-0.2, -0.15) is 0 Å². The monoisotopic (exact) mass is 228 g/mol. The van der Waals surface area contributed by atoms with Gasteiger partial charge in [-0.15, -0.1) is 0 Å². The number of rotatable bonds is 8. The summed E-state index contributed by atoms with van der Waals surface area (Å²) in [7, 11) is 4.21. The Morgan fingerprint density at radius 2 is 1.81 bits per heavy atom. The lowest BCUT2D eigenvalue weighted by Crippen LogP contribution is -2.34. The first kappa shape index (κ1) is 13.9. The van der Waals surface area contributed by atoms with Gasteiger partial charge in [0.15, 0.2) is 0 Å². The normalized spacial score (nSPS) is 19.1. The molecule has 0 bridgehead atoms. The van der Waals surface area contributed by atoms with Crippen LogP contribution in [-0.4, -0.2) is 51.3 Å². The molecule has 0 aromatic heterocycles. The van der Waals surface area contributed by atoms with Crippen molar-refractivity contribution in [3.63, 3.8) is 0 Å². The summed E-state index contributed by atoms with van der Waals surface area (Å²) in [5.41, 5.74) is 0. The average molecular weight is 228 g/mol. The highest BCUT2D eigenvalue weighted by molar-refractivity contribution is 4.69. The van der Waals surface area contributed by atoms with E-state index in [0.717, 1.165) is 13.2 Å². The first-order chi connectivity index (χ1) is 7.83. The fraction of sp³-hybridized carbons (Fsp3) is 1.00. The van der Waals surface area contributed by atoms with E-state index in [2.05, 4.69) is 17.3 Å². The largest absolute Gasteiger partial charge is 0.378 e. The van der Waals surface area contributed by atoms with Gasteiger partial charge in [-0.05, 0) is 46.3 Å². The van der Waals surface area contributed by atoms with E-state index in [1.807, 2.05) is 7.05 Å². The minimum Gasteiger partial charge on any atom is -0.378 e. The first-order valence-corrected chi connectivity index (χ1v) is 6.77. The molecule has 1 aliphatic heterocycles. The van der Waals surface area contributed by atoms with Crippen LogP contribution in [0, 0.1) is 0 Å². The molecule has 3 nitrogen and oxygen atoms in total. The minimum atomic E-state index is 0.536. The molecule has 0 amide bonds. The van der Waals surface area contributed by atoms with E-state index in [0.29, 0.717) is 6.10 Å². The van der Waals surface area contributed by atoms with E-state index < -0.39 is 0 Å². The maximum Gasteiger partial charge on any atom is 0.0599 e. The molecular formula is C13H28N2O. The number of unbranched alkanes of at least 4 members (excludes halogenated alkanes) is 3. The number of hydrogen-bond donors (Lipinski definition) is 1. The number of piperidine rings is 1. The van der Waals surface area contributed by atoms with Crippen LogP contribution in [0.25, 0.3) is 0 Å². The molecule has 0 spiro atoms. The van der Waals surface area contributed by atoms with Crippen LogP contribution in [-0.2, 0) is 4.74 Å². The van der Waals surface area contributed by atoms with Crippen LogP contribution in [0.3, 0.4) is 0 Å². The van der Waals surface area contributed by atoms with E-state index >= 15 is 0 Å². The Hall–Kier alpha value is -0.120. The fourth-order valence-corrected chi connectivity index (χ4v) is 2.16. The molecule has 0 aliphatic carbocycles. The summed E-state index contributed by atoms with van der Waals surface area (Å²) < 4.78 is 5.90. The van der Waals surface area contributed by atoms with Crippen molar-refractivity contribution in [2.24, 2.45) is 0 Å². The molecule has 96 valence electrons. The number of hydrogen-bond acceptors (Lipinski definition) is 3. The molecule has 1 fully saturated rings. The quantitative estimate of drug-likeness (QED) is 0.642. The van der Waals surface area contributed by atoms with Crippen LogP contribution in [0.15, 0.2) is 0 Å². The van der Waals surface area contributed by atoms with E-state index in [4.69, 9.17) is 4.74 Å². The van der Waals surface area contributed by atoms with Crippen molar-refractivity contribution in [1.82, 2.24) is 10.2 Å². The molecule has 1 heterocycles. The summed E-state index contributed by atoms with van der Waals surface area (Å²) in [4.78, 5) is 2.39. The van der Waals surface area contributed by atoms with Gasteiger partial charge in [0.25, 0.3) is 0 Å². The summed E-state index contributed by atoms with van der Waals surface area (Å²) in [6.07, 6.45) is 8.15. The molecule has 0 unspecified atom stereocenters. The van der Waals surface area contributed by atoms with Crippen LogP contribution >= 0.6 is 0 Å². The van der Waals surface area contributed by atoms with Crippen LogP contribution in [0.5, 0.6) is 0 Å². The molecular weight excluding hydrogens is 200 g/mol. The van der Waals surface area contributed by atoms with Crippen molar-refractivity contribution < 1.29 is 4.74 Å². The van der Waals surface area contributed by atoms with Gasteiger partial charge >= 0.3 is 0 Å². The number of likely N-dealkylation sites (tertiary alicyclic amines) is 1. The predicted molar refractivity (Wildman–Crippen MR) is 68.9 cm³/mol. The maximum atomic E-state index is 5.90. The van der Waals surface area contributed by atoms with Gasteiger partial charge in [-0.3, -0.25) is 0 Å². The van der Waals surface area contributed by atoms with Gasteiger partial charge in [0.05, 0.1) is 6.10 Å². The second-order valence-corrected chi connectivity index (χ2v) is 4.89. The molecule has 0 radical (unpaired) electrons. The van der Waals surface area contributed by atoms with Crippen molar-refractivity contribution in [2.75, 3.05) is 40.3 Å². The van der Waals surface area contributed by atoms with Crippen molar-refractivity contribution in [3.05, 3.63) is 0 Å². The van der Waals surface area contributed by atoms with Gasteiger partial charge in [-0.1, -0.05) is 12.8 Å². The smallest absolute Gasteiger partial charge is 0.0599 e. The highest BCUT2D eigenvalue weighted by Gasteiger charge is 2.16. The molecule has 1 rings (SSSR count). The van der Waals surface area contributed by atoms with E-state index in [9.17, 15) is 0 Å². The molecule has 1 aliphatic rings. The zero-order chi connectivity index (χ0) is 11.6. The Labute approximate surface area is 101 Å². The second kappa shape index (κ2) is 8.97. The molecule has 0 saturated carbocycles. The fourth-order valence-electron chi connectivity index (χ4n) is 2.16. The Morgan fingerprint density at radius 3 is 2.50 bits per heavy atom. The van der Waals surface area contributed by atoms with Crippen LogP contribution in [0.4, 0.5) is 0 Å². The first-order valence-electron chi connectivity index (χ1n) is 6.77. The summed E-state index contributed by atoms with van der Waals surface area (Å²) >= 11 is 0. The highest BCUT2D eigenvalue weighted by Crippen LogP contribution is 2.12. The van der Waals surface area contributed by atoms with Crippen LogP contribution in [0.2, 0.25) is 0 Å². The third-order valence-corrected chi connectivity index (χ3v) is 3.34. The lowest BCUT2D eigenvalue weighted by atomic mass is 10.1. The SMILES string of the molecule is CNCCCCCCOC1CCN(C)CC1. The molecule has 0 aromatic rings. The summed E-state index contributed by atoms with van der Waals surface area (Å²) in [6, 6.07) is 0. The molecule has 0 aromatic carbocycles. The second-order valence-electron chi connectivity index (χ2n) is 4.89. The average Bonchev–Trinajstić information content (AvgIpc) is 2.30. The molecule has 0 atom stereocenters. The van der Waals surface area contributed by atoms with Gasteiger partial charge in [0.1, 0.15) is 0 Å². The topological polar surface area (TPSA) is 24.5 Å². The van der Waals surface area contributed by atoms with Crippen molar-refractivity contribution in [2.45, 2.75) is 44.6 Å². The number of nitrogens with zero attached hydrogens (tertiary/aromatic N) is 1. The minimum absolute atomic E-state index is 0.536. The zero-order valence-corrected chi connectivity index (χ0v) is 11.0. The molecule has 1 saturated heterocycles. The third kappa shape index (κ3) is 6.46. The highest BCUT2D eigenvalue weighted by atomic mass is 16.5. The Balaban J connectivity index is 1.84. The third-order valence-electron chi connectivity index (χ3n) is 3.34. The Bertz CT molecular complexity index is 156. The van der Waals surface area contributed by atoms with E-state index in [-0.39, 0.29) is 0 Å². The van der Waals surface area contributed by atoms with Crippen LogP contribution < -0.4 is 5.32 Å².